The molecule has 16 heavy (non-hydrogen) atoms. The highest BCUT2D eigenvalue weighted by molar-refractivity contribution is 4.73. The van der Waals surface area contributed by atoms with Gasteiger partial charge in [0.1, 0.15) is 0 Å². The van der Waals surface area contributed by atoms with Crippen molar-refractivity contribution in [3.05, 3.63) is 0 Å². The average Bonchev–Trinajstić information content (AvgIpc) is 2.25. The van der Waals surface area contributed by atoms with Crippen molar-refractivity contribution in [1.29, 1.82) is 0 Å². The summed E-state index contributed by atoms with van der Waals surface area (Å²) >= 11 is 0. The van der Waals surface area contributed by atoms with Crippen molar-refractivity contribution in [3.8, 4) is 0 Å². The third kappa shape index (κ3) is 5.83. The van der Waals surface area contributed by atoms with Gasteiger partial charge in [-0.3, -0.25) is 0 Å². The van der Waals surface area contributed by atoms with Gasteiger partial charge in [0.2, 0.25) is 0 Å². The summed E-state index contributed by atoms with van der Waals surface area (Å²) in [6.07, 6.45) is 5.48. The fraction of sp³-hybridized carbons (Fsp3) is 1.00. The summed E-state index contributed by atoms with van der Waals surface area (Å²) in [4.78, 5) is 2.58. The predicted octanol–water partition coefficient (Wildman–Crippen LogP) is 1.73. The molecule has 0 bridgehead atoms. The summed E-state index contributed by atoms with van der Waals surface area (Å²) in [7, 11) is 1.76. The normalized spacial score (nSPS) is 16.7. The molecule has 96 valence electrons. The maximum Gasteiger partial charge on any atom is 0.0474 e. The van der Waals surface area contributed by atoms with E-state index < -0.39 is 0 Å². The van der Waals surface area contributed by atoms with E-state index in [9.17, 15) is 0 Å². The van der Waals surface area contributed by atoms with Gasteiger partial charge in [0.15, 0.2) is 0 Å². The molecule has 0 aliphatic heterocycles. The number of likely N-dealkylation sites (N-methyl/N-ethyl adjacent to an activating group) is 1. The van der Waals surface area contributed by atoms with Gasteiger partial charge in [-0.05, 0) is 38.3 Å². The second-order valence-corrected chi connectivity index (χ2v) is 4.79. The van der Waals surface area contributed by atoms with Gasteiger partial charge in [-0.15, -0.1) is 0 Å². The highest BCUT2D eigenvalue weighted by Gasteiger charge is 2.19. The molecular weight excluding hydrogens is 200 g/mol. The molecule has 0 atom stereocenters. The SMILES string of the molecule is CCN(CCNCCCOC)CC1CCC1. The minimum Gasteiger partial charge on any atom is -0.385 e. The summed E-state index contributed by atoms with van der Waals surface area (Å²) in [6.45, 7) is 9.03. The standard InChI is InChI=1S/C13H28N2O/c1-3-15(12-13-6-4-7-13)10-9-14-8-5-11-16-2/h13-14H,3-12H2,1-2H3. The minimum absolute atomic E-state index is 0.868. The van der Waals surface area contributed by atoms with Crippen LogP contribution in [0.3, 0.4) is 0 Å². The summed E-state index contributed by atoms with van der Waals surface area (Å²) in [6, 6.07) is 0. The van der Waals surface area contributed by atoms with E-state index >= 15 is 0 Å². The molecule has 1 rings (SSSR count). The van der Waals surface area contributed by atoms with Crippen LogP contribution in [0.25, 0.3) is 0 Å². The molecule has 1 aliphatic carbocycles. The monoisotopic (exact) mass is 228 g/mol. The lowest BCUT2D eigenvalue weighted by molar-refractivity contribution is 0.181. The predicted molar refractivity (Wildman–Crippen MR) is 68.8 cm³/mol. The Morgan fingerprint density at radius 3 is 2.69 bits per heavy atom. The van der Waals surface area contributed by atoms with Crippen molar-refractivity contribution in [2.75, 3.05) is 46.4 Å². The number of nitrogens with one attached hydrogen (secondary N) is 1. The molecule has 1 saturated carbocycles. The minimum atomic E-state index is 0.868. The molecule has 0 aromatic rings. The Bertz CT molecular complexity index is 160. The van der Waals surface area contributed by atoms with Crippen molar-refractivity contribution >= 4 is 0 Å². The van der Waals surface area contributed by atoms with Crippen LogP contribution in [-0.4, -0.2) is 51.3 Å². The van der Waals surface area contributed by atoms with Crippen molar-refractivity contribution < 1.29 is 4.74 Å². The van der Waals surface area contributed by atoms with Crippen LogP contribution in [0.2, 0.25) is 0 Å². The van der Waals surface area contributed by atoms with E-state index in [1.54, 1.807) is 7.11 Å². The summed E-state index contributed by atoms with van der Waals surface area (Å²) in [5.74, 6) is 0.994. The highest BCUT2D eigenvalue weighted by atomic mass is 16.5. The second-order valence-electron chi connectivity index (χ2n) is 4.79. The number of hydrogen-bond donors (Lipinski definition) is 1. The molecule has 0 unspecified atom stereocenters. The lowest BCUT2D eigenvalue weighted by Gasteiger charge is -2.31. The molecule has 0 heterocycles. The maximum absolute atomic E-state index is 5.02. The Balaban J connectivity index is 1.91. The molecule has 1 N–H and O–H groups in total. The van der Waals surface area contributed by atoms with Crippen molar-refractivity contribution in [2.24, 2.45) is 5.92 Å². The highest BCUT2D eigenvalue weighted by Crippen LogP contribution is 2.26. The summed E-state index contributed by atoms with van der Waals surface area (Å²) < 4.78 is 5.02. The third-order valence-electron chi connectivity index (χ3n) is 3.50. The Morgan fingerprint density at radius 2 is 2.12 bits per heavy atom. The Morgan fingerprint density at radius 1 is 1.31 bits per heavy atom. The number of nitrogens with zero attached hydrogens (tertiary/aromatic N) is 1. The quantitative estimate of drug-likeness (QED) is 0.576. The van der Waals surface area contributed by atoms with E-state index in [0.717, 1.165) is 32.0 Å². The fourth-order valence-electron chi connectivity index (χ4n) is 2.12. The molecule has 3 heteroatoms. The maximum atomic E-state index is 5.02. The Labute approximate surface area is 101 Å². The molecule has 1 fully saturated rings. The van der Waals surface area contributed by atoms with E-state index in [4.69, 9.17) is 4.74 Å². The number of rotatable bonds is 10. The van der Waals surface area contributed by atoms with Crippen LogP contribution in [0.15, 0.2) is 0 Å². The van der Waals surface area contributed by atoms with E-state index in [1.165, 1.54) is 38.9 Å². The zero-order valence-electron chi connectivity index (χ0n) is 11.0. The number of methoxy groups -OCH3 is 1. The molecule has 0 amide bonds. The molecule has 0 radical (unpaired) electrons. The van der Waals surface area contributed by atoms with Crippen molar-refractivity contribution in [1.82, 2.24) is 10.2 Å². The zero-order chi connectivity index (χ0) is 11.6. The molecule has 0 spiro atoms. The first-order valence-electron chi connectivity index (χ1n) is 6.78. The van der Waals surface area contributed by atoms with Crippen LogP contribution in [0.4, 0.5) is 0 Å². The lowest BCUT2D eigenvalue weighted by Crippen LogP contribution is -2.37. The van der Waals surface area contributed by atoms with E-state index in [2.05, 4.69) is 17.1 Å². The van der Waals surface area contributed by atoms with Crippen LogP contribution in [0.1, 0.15) is 32.6 Å². The van der Waals surface area contributed by atoms with Gasteiger partial charge in [0.05, 0.1) is 0 Å². The lowest BCUT2D eigenvalue weighted by atomic mass is 9.85. The second kappa shape index (κ2) is 8.97. The van der Waals surface area contributed by atoms with Gasteiger partial charge in [-0.1, -0.05) is 13.3 Å². The van der Waals surface area contributed by atoms with Crippen LogP contribution < -0.4 is 5.32 Å². The fourth-order valence-corrected chi connectivity index (χ4v) is 2.12. The topological polar surface area (TPSA) is 24.5 Å². The van der Waals surface area contributed by atoms with Crippen molar-refractivity contribution in [3.63, 3.8) is 0 Å². The first-order valence-corrected chi connectivity index (χ1v) is 6.78. The average molecular weight is 228 g/mol. The van der Waals surface area contributed by atoms with Crippen LogP contribution >= 0.6 is 0 Å². The third-order valence-corrected chi connectivity index (χ3v) is 3.50. The van der Waals surface area contributed by atoms with Gasteiger partial charge in [-0.2, -0.15) is 0 Å². The number of ether oxygens (including phenoxy) is 1. The largest absolute Gasteiger partial charge is 0.385 e. The van der Waals surface area contributed by atoms with E-state index in [-0.39, 0.29) is 0 Å². The van der Waals surface area contributed by atoms with Gasteiger partial charge in [0, 0.05) is 33.4 Å². The Kier molecular flexibility index (Phi) is 7.81. The molecule has 3 nitrogen and oxygen atoms in total. The van der Waals surface area contributed by atoms with Gasteiger partial charge in [0.25, 0.3) is 0 Å². The zero-order valence-corrected chi connectivity index (χ0v) is 11.0. The Hall–Kier alpha value is -0.120. The molecule has 0 aromatic heterocycles. The van der Waals surface area contributed by atoms with E-state index in [0.29, 0.717) is 0 Å². The molecule has 1 aliphatic rings. The van der Waals surface area contributed by atoms with Crippen LogP contribution in [0.5, 0.6) is 0 Å². The van der Waals surface area contributed by atoms with Crippen molar-refractivity contribution in [2.45, 2.75) is 32.6 Å². The molecule has 0 saturated heterocycles. The van der Waals surface area contributed by atoms with Gasteiger partial charge >= 0.3 is 0 Å². The first-order chi connectivity index (χ1) is 7.86. The number of hydrogen-bond acceptors (Lipinski definition) is 3. The molecular formula is C13H28N2O. The van der Waals surface area contributed by atoms with E-state index in [1.807, 2.05) is 0 Å². The molecule has 0 aromatic carbocycles. The first kappa shape index (κ1) is 13.9. The summed E-state index contributed by atoms with van der Waals surface area (Å²) in [5.41, 5.74) is 0. The van der Waals surface area contributed by atoms with Gasteiger partial charge in [-0.25, -0.2) is 0 Å². The summed E-state index contributed by atoms with van der Waals surface area (Å²) in [5, 5.41) is 3.47. The van der Waals surface area contributed by atoms with Crippen LogP contribution in [0, 0.1) is 5.92 Å². The van der Waals surface area contributed by atoms with Gasteiger partial charge < -0.3 is 15.0 Å². The smallest absolute Gasteiger partial charge is 0.0474 e. The van der Waals surface area contributed by atoms with Crippen LogP contribution in [-0.2, 0) is 4.74 Å².